The van der Waals surface area contributed by atoms with Crippen molar-refractivity contribution in [3.05, 3.63) is 0 Å². The Morgan fingerprint density at radius 2 is 1.21 bits per heavy atom. The van der Waals surface area contributed by atoms with Crippen LogP contribution in [0.2, 0.25) is 0 Å². The Kier molecular flexibility index (Phi) is 3.71. The van der Waals surface area contributed by atoms with Gasteiger partial charge in [0.05, 0.1) is 17.4 Å². The van der Waals surface area contributed by atoms with Gasteiger partial charge in [0.25, 0.3) is 0 Å². The summed E-state index contributed by atoms with van der Waals surface area (Å²) in [6.45, 7) is 0.342. The molecular weight excluding hydrogens is 366 g/mol. The van der Waals surface area contributed by atoms with Crippen LogP contribution in [0.3, 0.4) is 0 Å². The minimum absolute atomic E-state index is 0.00571. The second kappa shape index (κ2) is 5.77. The van der Waals surface area contributed by atoms with Crippen molar-refractivity contribution in [1.82, 2.24) is 5.32 Å². The van der Waals surface area contributed by atoms with Crippen molar-refractivity contribution in [2.24, 2.45) is 45.3 Å². The maximum absolute atomic E-state index is 13.3. The zero-order chi connectivity index (χ0) is 20.1. The van der Waals surface area contributed by atoms with Gasteiger partial charge in [-0.05, 0) is 112 Å². The second-order valence-corrected chi connectivity index (χ2v) is 12.3. The monoisotopic (exact) mass is 401 g/mol. The lowest BCUT2D eigenvalue weighted by Crippen LogP contribution is -2.67. The molecule has 4 atom stereocenters. The summed E-state index contributed by atoms with van der Waals surface area (Å²) in [5.74, 6) is 2.05. The van der Waals surface area contributed by atoms with E-state index in [9.17, 15) is 19.8 Å². The van der Waals surface area contributed by atoms with E-state index in [-0.39, 0.29) is 28.8 Å². The Bertz CT molecular complexity index is 732. The smallest absolute Gasteiger partial charge is 0.309 e. The van der Waals surface area contributed by atoms with Crippen LogP contribution in [0.15, 0.2) is 0 Å². The molecule has 0 aromatic carbocycles. The maximum Gasteiger partial charge on any atom is 0.309 e. The molecule has 0 aromatic heterocycles. The standard InChI is InChI=1S/C24H35NO4/c26-2-1-25-19(27)21-5-15-3-16(6-21)10-23(9-15,13-21)24-11-17-4-18(12-24)8-22(7-17,14-24)20(28)29/h15-18,26H,1-14H2,(H,25,27)(H,28,29). The van der Waals surface area contributed by atoms with Gasteiger partial charge < -0.3 is 15.5 Å². The first-order valence-electron chi connectivity index (χ1n) is 11.9. The molecule has 8 bridgehead atoms. The Hall–Kier alpha value is -1.10. The van der Waals surface area contributed by atoms with E-state index in [4.69, 9.17) is 0 Å². The summed E-state index contributed by atoms with van der Waals surface area (Å²) in [5.41, 5.74) is -0.430. The molecular formula is C24H35NO4. The van der Waals surface area contributed by atoms with Gasteiger partial charge in [-0.3, -0.25) is 9.59 Å². The molecule has 4 unspecified atom stereocenters. The molecule has 160 valence electrons. The van der Waals surface area contributed by atoms with E-state index in [0.29, 0.717) is 30.2 Å². The molecule has 0 heterocycles. The summed E-state index contributed by atoms with van der Waals surface area (Å²) in [5, 5.41) is 22.5. The van der Waals surface area contributed by atoms with Crippen LogP contribution in [-0.4, -0.2) is 35.2 Å². The SMILES string of the molecule is O=C(O)C12CC3CC(C1)CC(C14CC5CC(CC(C(=O)NCCO)(C5)C1)C4)(C3)C2. The van der Waals surface area contributed by atoms with Gasteiger partial charge >= 0.3 is 5.97 Å². The predicted octanol–water partition coefficient (Wildman–Crippen LogP) is 3.35. The molecule has 0 aliphatic heterocycles. The predicted molar refractivity (Wildman–Crippen MR) is 107 cm³/mol. The van der Waals surface area contributed by atoms with Crippen molar-refractivity contribution in [1.29, 1.82) is 0 Å². The number of nitrogens with one attached hydrogen (secondary N) is 1. The average molecular weight is 402 g/mol. The molecule has 8 rings (SSSR count). The van der Waals surface area contributed by atoms with Crippen molar-refractivity contribution in [2.75, 3.05) is 13.2 Å². The van der Waals surface area contributed by atoms with Crippen molar-refractivity contribution in [2.45, 2.75) is 77.0 Å². The molecule has 5 nitrogen and oxygen atoms in total. The molecule has 8 aliphatic carbocycles. The first-order chi connectivity index (χ1) is 13.8. The zero-order valence-electron chi connectivity index (χ0n) is 17.4. The molecule has 3 N–H and O–H groups in total. The van der Waals surface area contributed by atoms with Crippen LogP contribution in [0.4, 0.5) is 0 Å². The number of carbonyl (C=O) groups is 2. The zero-order valence-corrected chi connectivity index (χ0v) is 17.4. The fraction of sp³-hybridized carbons (Fsp3) is 0.917. The summed E-state index contributed by atoms with van der Waals surface area (Å²) in [6, 6.07) is 0. The lowest BCUT2D eigenvalue weighted by Gasteiger charge is -2.73. The molecule has 8 saturated carbocycles. The highest BCUT2D eigenvalue weighted by Gasteiger charge is 2.71. The van der Waals surface area contributed by atoms with Crippen molar-refractivity contribution >= 4 is 11.9 Å². The van der Waals surface area contributed by atoms with Gasteiger partial charge in [0, 0.05) is 6.54 Å². The van der Waals surface area contributed by atoms with E-state index in [1.54, 1.807) is 0 Å². The molecule has 0 aromatic rings. The number of carboxylic acid groups (broad SMARTS) is 1. The highest BCUT2D eigenvalue weighted by molar-refractivity contribution is 5.83. The number of aliphatic hydroxyl groups excluding tert-OH is 1. The first kappa shape index (κ1) is 18.7. The summed E-state index contributed by atoms with van der Waals surface area (Å²) in [6.07, 6.45) is 13.0. The summed E-state index contributed by atoms with van der Waals surface area (Å²) in [7, 11) is 0. The van der Waals surface area contributed by atoms with Crippen LogP contribution < -0.4 is 5.32 Å². The Labute approximate surface area is 173 Å². The largest absolute Gasteiger partial charge is 0.481 e. The van der Waals surface area contributed by atoms with Gasteiger partial charge in [0.1, 0.15) is 0 Å². The Morgan fingerprint density at radius 1 is 0.759 bits per heavy atom. The number of hydrogen-bond acceptors (Lipinski definition) is 3. The van der Waals surface area contributed by atoms with Gasteiger partial charge in [-0.25, -0.2) is 0 Å². The van der Waals surface area contributed by atoms with Gasteiger partial charge in [-0.2, -0.15) is 0 Å². The fourth-order valence-electron chi connectivity index (χ4n) is 10.6. The number of carboxylic acids is 1. The van der Waals surface area contributed by atoms with E-state index >= 15 is 0 Å². The van der Waals surface area contributed by atoms with E-state index in [1.807, 2.05) is 0 Å². The first-order valence-corrected chi connectivity index (χ1v) is 11.9. The molecule has 0 radical (unpaired) electrons. The third-order valence-electron chi connectivity index (χ3n) is 10.6. The number of rotatable bonds is 5. The molecule has 0 saturated heterocycles. The van der Waals surface area contributed by atoms with E-state index in [2.05, 4.69) is 5.32 Å². The van der Waals surface area contributed by atoms with Gasteiger partial charge in [0.2, 0.25) is 5.91 Å². The van der Waals surface area contributed by atoms with Crippen LogP contribution in [0, 0.1) is 45.3 Å². The minimum Gasteiger partial charge on any atom is -0.481 e. The molecule has 8 aliphatic rings. The normalized spacial score (nSPS) is 54.0. The Morgan fingerprint density at radius 3 is 1.66 bits per heavy atom. The highest BCUT2D eigenvalue weighted by Crippen LogP contribution is 2.78. The average Bonchev–Trinajstić information content (AvgIpc) is 2.64. The molecule has 0 spiro atoms. The van der Waals surface area contributed by atoms with Crippen molar-refractivity contribution < 1.29 is 19.8 Å². The lowest BCUT2D eigenvalue weighted by atomic mass is 9.31. The number of hydrogen-bond donors (Lipinski definition) is 3. The molecule has 8 fully saturated rings. The van der Waals surface area contributed by atoms with Crippen LogP contribution >= 0.6 is 0 Å². The van der Waals surface area contributed by atoms with Crippen LogP contribution in [0.1, 0.15) is 77.0 Å². The number of amides is 1. The van der Waals surface area contributed by atoms with Crippen LogP contribution in [0.25, 0.3) is 0 Å². The lowest BCUT2D eigenvalue weighted by molar-refractivity contribution is -0.238. The highest BCUT2D eigenvalue weighted by atomic mass is 16.4. The van der Waals surface area contributed by atoms with Gasteiger partial charge in [0.15, 0.2) is 0 Å². The van der Waals surface area contributed by atoms with E-state index in [1.165, 1.54) is 38.5 Å². The maximum atomic E-state index is 13.3. The Balaban J connectivity index is 1.39. The summed E-state index contributed by atoms with van der Waals surface area (Å²) in [4.78, 5) is 25.7. The number of aliphatic carboxylic acids is 1. The topological polar surface area (TPSA) is 86.6 Å². The minimum atomic E-state index is -0.545. The van der Waals surface area contributed by atoms with Crippen LogP contribution in [-0.2, 0) is 9.59 Å². The third kappa shape index (κ3) is 2.37. The molecule has 1 amide bonds. The third-order valence-corrected chi connectivity index (χ3v) is 10.6. The second-order valence-electron chi connectivity index (χ2n) is 12.3. The molecule has 29 heavy (non-hydrogen) atoms. The van der Waals surface area contributed by atoms with E-state index in [0.717, 1.165) is 38.5 Å². The van der Waals surface area contributed by atoms with Crippen molar-refractivity contribution in [3.63, 3.8) is 0 Å². The van der Waals surface area contributed by atoms with Crippen molar-refractivity contribution in [3.8, 4) is 0 Å². The van der Waals surface area contributed by atoms with E-state index < -0.39 is 11.4 Å². The molecule has 5 heteroatoms. The van der Waals surface area contributed by atoms with Gasteiger partial charge in [-0.1, -0.05) is 0 Å². The summed E-state index contributed by atoms with van der Waals surface area (Å²) < 4.78 is 0. The number of carbonyl (C=O) groups excluding carboxylic acids is 1. The van der Waals surface area contributed by atoms with Crippen LogP contribution in [0.5, 0.6) is 0 Å². The quantitative estimate of drug-likeness (QED) is 0.659. The van der Waals surface area contributed by atoms with Gasteiger partial charge in [-0.15, -0.1) is 0 Å². The number of aliphatic hydroxyl groups is 1. The fourth-order valence-corrected chi connectivity index (χ4v) is 10.6. The summed E-state index contributed by atoms with van der Waals surface area (Å²) >= 11 is 0.